The molecule has 0 radical (unpaired) electrons. The standard InChI is InChI=1S/C20H25N5O2.H2S/c1-2-5-15(9-11-26)24-19-18(12-23-20(21)25-19)27-13-17-16-7-4-3-6-14(16)8-10-22-17;/h3-4,6-8,10,12,15,26H,2,5,9,11,13H2,1H3,(H3,21,23,24,25);1H2/t15-;/m0./s1. The minimum Gasteiger partial charge on any atom is -0.482 e. The fourth-order valence-electron chi connectivity index (χ4n) is 3.02. The minimum atomic E-state index is 0. The molecule has 0 amide bonds. The zero-order chi connectivity index (χ0) is 19.1. The lowest BCUT2D eigenvalue weighted by Gasteiger charge is -2.20. The molecule has 8 heteroatoms. The number of rotatable bonds is 9. The molecule has 0 bridgehead atoms. The third-order valence-electron chi connectivity index (χ3n) is 4.35. The molecule has 0 fully saturated rings. The molecule has 0 aliphatic heterocycles. The maximum atomic E-state index is 9.28. The van der Waals surface area contributed by atoms with Crippen LogP contribution >= 0.6 is 13.5 Å². The number of ether oxygens (including phenoxy) is 1. The van der Waals surface area contributed by atoms with Crippen LogP contribution in [0.15, 0.2) is 42.7 Å². The maximum absolute atomic E-state index is 9.28. The molecule has 2 aromatic heterocycles. The van der Waals surface area contributed by atoms with Gasteiger partial charge in [-0.2, -0.15) is 18.5 Å². The summed E-state index contributed by atoms with van der Waals surface area (Å²) in [6, 6.07) is 10.1. The van der Waals surface area contributed by atoms with E-state index in [4.69, 9.17) is 10.5 Å². The summed E-state index contributed by atoms with van der Waals surface area (Å²) in [4.78, 5) is 12.8. The van der Waals surface area contributed by atoms with Crippen molar-refractivity contribution in [2.24, 2.45) is 0 Å². The van der Waals surface area contributed by atoms with Crippen LogP contribution in [0.4, 0.5) is 11.8 Å². The summed E-state index contributed by atoms with van der Waals surface area (Å²) in [5.41, 5.74) is 6.60. The second-order valence-electron chi connectivity index (χ2n) is 6.35. The number of nitrogen functional groups attached to an aromatic ring is 1. The number of pyridine rings is 1. The number of aliphatic hydroxyl groups excluding tert-OH is 1. The van der Waals surface area contributed by atoms with Crippen molar-refractivity contribution in [1.29, 1.82) is 0 Å². The van der Waals surface area contributed by atoms with E-state index >= 15 is 0 Å². The van der Waals surface area contributed by atoms with Gasteiger partial charge in [-0.25, -0.2) is 4.98 Å². The van der Waals surface area contributed by atoms with Crippen molar-refractivity contribution in [3.63, 3.8) is 0 Å². The van der Waals surface area contributed by atoms with Crippen LogP contribution in [0.5, 0.6) is 5.75 Å². The molecule has 1 aromatic carbocycles. The first-order valence-corrected chi connectivity index (χ1v) is 9.16. The van der Waals surface area contributed by atoms with Crippen LogP contribution in [0.3, 0.4) is 0 Å². The highest BCUT2D eigenvalue weighted by molar-refractivity contribution is 7.59. The number of aromatic nitrogens is 3. The van der Waals surface area contributed by atoms with E-state index in [-0.39, 0.29) is 32.1 Å². The molecule has 0 aliphatic carbocycles. The first-order valence-electron chi connectivity index (χ1n) is 9.16. The van der Waals surface area contributed by atoms with Gasteiger partial charge >= 0.3 is 0 Å². The van der Waals surface area contributed by atoms with E-state index in [2.05, 4.69) is 27.2 Å². The normalized spacial score (nSPS) is 11.6. The number of aliphatic hydroxyl groups is 1. The van der Waals surface area contributed by atoms with E-state index < -0.39 is 0 Å². The lowest BCUT2D eigenvalue weighted by atomic mass is 10.1. The Morgan fingerprint density at radius 1 is 1.18 bits per heavy atom. The van der Waals surface area contributed by atoms with E-state index in [1.54, 1.807) is 12.4 Å². The Morgan fingerprint density at radius 3 is 2.79 bits per heavy atom. The van der Waals surface area contributed by atoms with Gasteiger partial charge in [0, 0.05) is 24.2 Å². The second kappa shape index (κ2) is 10.7. The Labute approximate surface area is 171 Å². The molecule has 4 N–H and O–H groups in total. The van der Waals surface area contributed by atoms with Crippen molar-refractivity contribution in [3.8, 4) is 5.75 Å². The molecule has 28 heavy (non-hydrogen) atoms. The SMILES string of the molecule is CCC[C@@H](CCO)Nc1nc(N)ncc1OCc1nccc2ccccc12.S. The third kappa shape index (κ3) is 5.46. The van der Waals surface area contributed by atoms with E-state index in [9.17, 15) is 5.11 Å². The largest absolute Gasteiger partial charge is 0.482 e. The van der Waals surface area contributed by atoms with E-state index in [1.165, 1.54) is 0 Å². The van der Waals surface area contributed by atoms with Crippen molar-refractivity contribution >= 4 is 36.0 Å². The monoisotopic (exact) mass is 401 g/mol. The number of fused-ring (bicyclic) bond motifs is 1. The Kier molecular flexibility index (Phi) is 8.28. The van der Waals surface area contributed by atoms with Gasteiger partial charge in [-0.3, -0.25) is 4.98 Å². The number of anilines is 2. The number of nitrogens with one attached hydrogen (secondary N) is 1. The van der Waals surface area contributed by atoms with Gasteiger partial charge in [0.15, 0.2) is 11.6 Å². The fraction of sp³-hybridized carbons (Fsp3) is 0.350. The van der Waals surface area contributed by atoms with E-state index in [0.717, 1.165) is 29.3 Å². The Hall–Kier alpha value is -2.58. The number of nitrogens with zero attached hydrogens (tertiary/aromatic N) is 3. The quantitative estimate of drug-likeness (QED) is 0.505. The zero-order valence-electron chi connectivity index (χ0n) is 15.9. The van der Waals surface area contributed by atoms with Crippen molar-refractivity contribution in [1.82, 2.24) is 15.0 Å². The summed E-state index contributed by atoms with van der Waals surface area (Å²) in [6.07, 6.45) is 5.88. The van der Waals surface area contributed by atoms with Crippen molar-refractivity contribution < 1.29 is 9.84 Å². The Balaban J connectivity index is 0.00000280. The molecule has 3 aromatic rings. The molecule has 0 aliphatic rings. The van der Waals surface area contributed by atoms with Gasteiger partial charge < -0.3 is 20.9 Å². The first kappa shape index (κ1) is 21.7. The average Bonchev–Trinajstić information content (AvgIpc) is 2.68. The van der Waals surface area contributed by atoms with Gasteiger partial charge in [-0.05, 0) is 24.3 Å². The number of benzene rings is 1. The van der Waals surface area contributed by atoms with Gasteiger partial charge in [0.05, 0.1) is 11.9 Å². The fourth-order valence-corrected chi connectivity index (χ4v) is 3.02. The maximum Gasteiger partial charge on any atom is 0.222 e. The van der Waals surface area contributed by atoms with Gasteiger partial charge in [-0.1, -0.05) is 37.6 Å². The molecule has 3 rings (SSSR count). The lowest BCUT2D eigenvalue weighted by Crippen LogP contribution is -2.22. The Bertz CT molecular complexity index is 882. The summed E-state index contributed by atoms with van der Waals surface area (Å²) in [5.74, 6) is 1.22. The van der Waals surface area contributed by atoms with Gasteiger partial charge in [-0.15, -0.1) is 0 Å². The topological polar surface area (TPSA) is 106 Å². The number of nitrogens with two attached hydrogens (primary N) is 1. The van der Waals surface area contributed by atoms with Crippen LogP contribution in [0, 0.1) is 0 Å². The highest BCUT2D eigenvalue weighted by Crippen LogP contribution is 2.26. The lowest BCUT2D eigenvalue weighted by molar-refractivity contribution is 0.275. The molecular formula is C20H27N5O2S. The molecule has 0 saturated carbocycles. The predicted octanol–water partition coefficient (Wildman–Crippen LogP) is 3.26. The second-order valence-corrected chi connectivity index (χ2v) is 6.35. The van der Waals surface area contributed by atoms with Crippen LogP contribution in [-0.4, -0.2) is 32.7 Å². The number of hydrogen-bond donors (Lipinski definition) is 3. The van der Waals surface area contributed by atoms with Crippen LogP contribution in [0.25, 0.3) is 10.8 Å². The van der Waals surface area contributed by atoms with Crippen molar-refractivity contribution in [2.45, 2.75) is 38.8 Å². The molecule has 0 unspecified atom stereocenters. The van der Waals surface area contributed by atoms with Crippen LogP contribution in [-0.2, 0) is 6.61 Å². The summed E-state index contributed by atoms with van der Waals surface area (Å²) in [6.45, 7) is 2.50. The van der Waals surface area contributed by atoms with Crippen molar-refractivity contribution in [2.75, 3.05) is 17.7 Å². The van der Waals surface area contributed by atoms with Crippen LogP contribution in [0.2, 0.25) is 0 Å². The summed E-state index contributed by atoms with van der Waals surface area (Å²) in [7, 11) is 0. The minimum absolute atomic E-state index is 0. The summed E-state index contributed by atoms with van der Waals surface area (Å²) >= 11 is 0. The van der Waals surface area contributed by atoms with Crippen LogP contribution < -0.4 is 15.8 Å². The van der Waals surface area contributed by atoms with E-state index in [1.807, 2.05) is 30.3 Å². The van der Waals surface area contributed by atoms with Crippen molar-refractivity contribution in [3.05, 3.63) is 48.4 Å². The number of hydrogen-bond acceptors (Lipinski definition) is 7. The van der Waals surface area contributed by atoms with Gasteiger partial charge in [0.25, 0.3) is 0 Å². The Morgan fingerprint density at radius 2 is 2.00 bits per heavy atom. The first-order chi connectivity index (χ1) is 13.2. The molecule has 2 heterocycles. The molecule has 150 valence electrons. The smallest absolute Gasteiger partial charge is 0.222 e. The molecule has 7 nitrogen and oxygen atoms in total. The molecule has 0 saturated heterocycles. The molecule has 1 atom stereocenters. The van der Waals surface area contributed by atoms with Gasteiger partial charge in [0.1, 0.15) is 6.61 Å². The summed E-state index contributed by atoms with van der Waals surface area (Å²) in [5, 5.41) is 14.8. The third-order valence-corrected chi connectivity index (χ3v) is 4.35. The molecular weight excluding hydrogens is 374 g/mol. The summed E-state index contributed by atoms with van der Waals surface area (Å²) < 4.78 is 5.98. The predicted molar refractivity (Wildman–Crippen MR) is 117 cm³/mol. The highest BCUT2D eigenvalue weighted by Gasteiger charge is 2.14. The average molecular weight is 402 g/mol. The van der Waals surface area contributed by atoms with Crippen LogP contribution in [0.1, 0.15) is 31.9 Å². The van der Waals surface area contributed by atoms with Gasteiger partial charge in [0.2, 0.25) is 5.95 Å². The van der Waals surface area contributed by atoms with E-state index in [0.29, 0.717) is 24.6 Å². The zero-order valence-corrected chi connectivity index (χ0v) is 16.9. The highest BCUT2D eigenvalue weighted by atomic mass is 32.1. The molecule has 0 spiro atoms.